The van der Waals surface area contributed by atoms with Crippen molar-refractivity contribution < 1.29 is 31.1 Å². The molecule has 0 atom stereocenters. The molecule has 1 aliphatic heterocycles. The molecule has 0 spiro atoms. The molecule has 0 aromatic carbocycles. The van der Waals surface area contributed by atoms with E-state index in [4.69, 9.17) is 0 Å². The first-order valence-corrected chi connectivity index (χ1v) is 4.30. The average Bonchev–Trinajstić information content (AvgIpc) is 2.23. The van der Waals surface area contributed by atoms with Gasteiger partial charge in [-0.1, -0.05) is 0 Å². The van der Waals surface area contributed by atoms with E-state index in [-0.39, 0.29) is 6.54 Å². The van der Waals surface area contributed by atoms with Gasteiger partial charge >= 0.3 is 12.4 Å². The summed E-state index contributed by atoms with van der Waals surface area (Å²) < 4.78 is 78.0. The quantitative estimate of drug-likeness (QED) is 0.655. The number of halogens is 6. The maximum absolute atomic E-state index is 12.2. The summed E-state index contributed by atoms with van der Waals surface area (Å²) in [6.07, 6.45) is -10.9. The van der Waals surface area contributed by atoms with E-state index in [0.29, 0.717) is 0 Å². The van der Waals surface area contributed by atoms with Crippen molar-refractivity contribution in [2.24, 2.45) is 10.9 Å². The maximum Gasteiger partial charge on any atom is 0.409 e. The average molecular weight is 249 g/mol. The van der Waals surface area contributed by atoms with Crippen molar-refractivity contribution >= 4 is 5.90 Å². The van der Waals surface area contributed by atoms with Gasteiger partial charge in [0.15, 0.2) is 0 Å². The number of rotatable bonds is 1. The van der Waals surface area contributed by atoms with Crippen LogP contribution in [0, 0.1) is 5.92 Å². The van der Waals surface area contributed by atoms with Crippen LogP contribution in [0.5, 0.6) is 0 Å². The van der Waals surface area contributed by atoms with E-state index in [1.165, 1.54) is 13.8 Å². The maximum atomic E-state index is 12.2. The third kappa shape index (κ3) is 2.79. The third-order valence-corrected chi connectivity index (χ3v) is 1.90. The molecule has 0 bridgehead atoms. The minimum atomic E-state index is -5.45. The molecule has 0 radical (unpaired) electrons. The van der Waals surface area contributed by atoms with Crippen LogP contribution in [0.2, 0.25) is 0 Å². The zero-order valence-corrected chi connectivity index (χ0v) is 8.41. The highest BCUT2D eigenvalue weighted by Gasteiger charge is 2.62. The van der Waals surface area contributed by atoms with E-state index >= 15 is 0 Å². The Hall–Kier alpha value is -0.950. The summed E-state index contributed by atoms with van der Waals surface area (Å²) in [5.41, 5.74) is -1.12. The lowest BCUT2D eigenvalue weighted by atomic mass is 10.1. The lowest BCUT2D eigenvalue weighted by molar-refractivity contribution is -0.264. The summed E-state index contributed by atoms with van der Waals surface area (Å²) in [4.78, 5) is 3.18. The van der Waals surface area contributed by atoms with Crippen LogP contribution in [0.3, 0.4) is 0 Å². The first-order valence-electron chi connectivity index (χ1n) is 4.30. The molecule has 0 N–H and O–H groups in total. The summed E-state index contributed by atoms with van der Waals surface area (Å²) in [7, 11) is 0. The van der Waals surface area contributed by atoms with E-state index < -0.39 is 29.8 Å². The van der Waals surface area contributed by atoms with Gasteiger partial charge in [-0.2, -0.15) is 26.3 Å². The van der Waals surface area contributed by atoms with Gasteiger partial charge < -0.3 is 4.74 Å². The summed E-state index contributed by atoms with van der Waals surface area (Å²) in [5.74, 6) is -4.94. The Morgan fingerprint density at radius 3 is 1.81 bits per heavy atom. The van der Waals surface area contributed by atoms with Gasteiger partial charge in [0, 0.05) is 0 Å². The van der Waals surface area contributed by atoms with Crippen LogP contribution in [-0.2, 0) is 4.74 Å². The number of hydrogen-bond donors (Lipinski definition) is 0. The Balaban J connectivity index is 2.98. The molecule has 94 valence electrons. The molecule has 2 nitrogen and oxygen atoms in total. The van der Waals surface area contributed by atoms with E-state index in [0.717, 1.165) is 0 Å². The first kappa shape index (κ1) is 13.1. The van der Waals surface area contributed by atoms with Crippen molar-refractivity contribution in [3.63, 3.8) is 0 Å². The van der Waals surface area contributed by atoms with Crippen LogP contribution >= 0.6 is 0 Å². The zero-order valence-electron chi connectivity index (χ0n) is 8.41. The van der Waals surface area contributed by atoms with Gasteiger partial charge in [0.2, 0.25) is 11.8 Å². The molecule has 0 fully saturated rings. The van der Waals surface area contributed by atoms with Gasteiger partial charge in [0.25, 0.3) is 0 Å². The largest absolute Gasteiger partial charge is 0.472 e. The molecular weight excluding hydrogens is 240 g/mol. The van der Waals surface area contributed by atoms with Crippen LogP contribution in [0.25, 0.3) is 0 Å². The molecule has 8 heteroatoms. The lowest BCUT2D eigenvalue weighted by Crippen LogP contribution is -2.43. The van der Waals surface area contributed by atoms with Gasteiger partial charge in [-0.05, 0) is 13.8 Å². The van der Waals surface area contributed by atoms with Gasteiger partial charge in [-0.15, -0.1) is 0 Å². The second-order valence-electron chi connectivity index (χ2n) is 4.03. The van der Waals surface area contributed by atoms with Crippen LogP contribution in [0.15, 0.2) is 4.99 Å². The zero-order chi connectivity index (χ0) is 12.8. The van der Waals surface area contributed by atoms with Crippen LogP contribution in [0.1, 0.15) is 13.8 Å². The van der Waals surface area contributed by atoms with E-state index in [1.54, 1.807) is 0 Å². The Morgan fingerprint density at radius 2 is 1.56 bits per heavy atom. The highest BCUT2D eigenvalue weighted by atomic mass is 19.4. The third-order valence-electron chi connectivity index (χ3n) is 1.90. The van der Waals surface area contributed by atoms with Crippen LogP contribution in [0.4, 0.5) is 26.3 Å². The van der Waals surface area contributed by atoms with Crippen molar-refractivity contribution in [3.05, 3.63) is 0 Å². The SMILES string of the molecule is CC1(C)CN=C(C(C(F)(F)F)C(F)(F)F)O1. The minimum absolute atomic E-state index is 0.217. The second-order valence-corrected chi connectivity index (χ2v) is 4.03. The lowest BCUT2D eigenvalue weighted by Gasteiger charge is -2.25. The van der Waals surface area contributed by atoms with Crippen molar-refractivity contribution in [3.8, 4) is 0 Å². The topological polar surface area (TPSA) is 21.6 Å². The van der Waals surface area contributed by atoms with Crippen molar-refractivity contribution in [1.82, 2.24) is 0 Å². The standard InChI is InChI=1S/C8H9F6NO/c1-6(2)3-15-5(16-6)4(7(9,10)11)8(12,13)14/h4H,3H2,1-2H3. The summed E-state index contributed by atoms with van der Waals surface area (Å²) in [6, 6.07) is 0. The highest BCUT2D eigenvalue weighted by molar-refractivity contribution is 5.82. The van der Waals surface area contributed by atoms with Crippen molar-refractivity contribution in [2.75, 3.05) is 6.54 Å². The fourth-order valence-corrected chi connectivity index (χ4v) is 1.23. The smallest absolute Gasteiger partial charge is 0.409 e. The molecule has 0 saturated carbocycles. The molecule has 0 unspecified atom stereocenters. The Kier molecular flexibility index (Phi) is 2.89. The molecule has 0 aliphatic carbocycles. The van der Waals surface area contributed by atoms with Crippen LogP contribution in [-0.4, -0.2) is 30.4 Å². The second kappa shape index (κ2) is 3.53. The highest BCUT2D eigenvalue weighted by Crippen LogP contribution is 2.42. The molecule has 0 aromatic heterocycles. The predicted molar refractivity (Wildman–Crippen MR) is 43.1 cm³/mol. The predicted octanol–water partition coefficient (Wildman–Crippen LogP) is 2.93. The molecule has 16 heavy (non-hydrogen) atoms. The van der Waals surface area contributed by atoms with E-state index in [9.17, 15) is 26.3 Å². The molecule has 1 aliphatic rings. The number of alkyl halides is 6. The normalized spacial score (nSPS) is 20.9. The van der Waals surface area contributed by atoms with Gasteiger partial charge in [0.05, 0.1) is 6.54 Å². The van der Waals surface area contributed by atoms with E-state index in [2.05, 4.69) is 9.73 Å². The van der Waals surface area contributed by atoms with Crippen LogP contribution < -0.4 is 0 Å². The number of ether oxygens (including phenoxy) is 1. The Morgan fingerprint density at radius 1 is 1.12 bits per heavy atom. The summed E-state index contributed by atoms with van der Waals surface area (Å²) in [5, 5.41) is 0. The fraction of sp³-hybridized carbons (Fsp3) is 0.875. The molecular formula is C8H9F6NO. The number of nitrogens with zero attached hydrogens (tertiary/aromatic N) is 1. The Labute approximate surface area is 87.3 Å². The van der Waals surface area contributed by atoms with Gasteiger partial charge in [-0.25, -0.2) is 0 Å². The van der Waals surface area contributed by atoms with Gasteiger partial charge in [0.1, 0.15) is 5.60 Å². The van der Waals surface area contributed by atoms with Crippen molar-refractivity contribution in [1.29, 1.82) is 0 Å². The fourth-order valence-electron chi connectivity index (χ4n) is 1.23. The molecule has 0 saturated heterocycles. The molecule has 0 amide bonds. The number of aliphatic imine (C=N–C) groups is 1. The van der Waals surface area contributed by atoms with Gasteiger partial charge in [-0.3, -0.25) is 4.99 Å². The monoisotopic (exact) mass is 249 g/mol. The molecule has 1 rings (SSSR count). The summed E-state index contributed by atoms with van der Waals surface area (Å²) >= 11 is 0. The molecule has 0 aromatic rings. The molecule has 1 heterocycles. The first-order chi connectivity index (χ1) is 6.93. The van der Waals surface area contributed by atoms with E-state index in [1.807, 2.05) is 0 Å². The summed E-state index contributed by atoms with van der Waals surface area (Å²) in [6.45, 7) is 2.52. The van der Waals surface area contributed by atoms with Crippen molar-refractivity contribution in [2.45, 2.75) is 31.8 Å². The minimum Gasteiger partial charge on any atom is -0.472 e. The Bertz CT molecular complexity index is 289. The number of hydrogen-bond acceptors (Lipinski definition) is 2.